The van der Waals surface area contributed by atoms with E-state index in [-0.39, 0.29) is 0 Å². The molecule has 0 aromatic carbocycles. The molecule has 3 N–H and O–H groups in total. The summed E-state index contributed by atoms with van der Waals surface area (Å²) < 4.78 is 6.30. The lowest BCUT2D eigenvalue weighted by atomic mass is 10.3. The topological polar surface area (TPSA) is 82.2 Å². The number of rotatable bonds is 4. The van der Waals surface area contributed by atoms with Crippen LogP contribution in [-0.2, 0) is 11.3 Å². The van der Waals surface area contributed by atoms with E-state index < -0.39 is 5.97 Å². The lowest BCUT2D eigenvalue weighted by Gasteiger charge is -2.02. The molecule has 88 valence electrons. The largest absolute Gasteiger partial charge is 0.465 e. The first-order valence-electron chi connectivity index (χ1n) is 5.38. The molecule has 0 amide bonds. The summed E-state index contributed by atoms with van der Waals surface area (Å²) in [4.78, 5) is 11.6. The van der Waals surface area contributed by atoms with Crippen LogP contribution in [0.25, 0.3) is 0 Å². The highest BCUT2D eigenvalue weighted by atomic mass is 16.5. The normalized spacial score (nSPS) is 14.9. The Kier molecular flexibility index (Phi) is 2.72. The molecule has 0 bridgehead atoms. The number of carbonyl (C=O) groups excluding carboxylic acids is 1. The number of hydrogen-bond donors (Lipinski definition) is 2. The van der Waals surface area contributed by atoms with Crippen LogP contribution in [0.15, 0.2) is 0 Å². The molecule has 0 unspecified atom stereocenters. The second-order valence-electron chi connectivity index (χ2n) is 3.83. The summed E-state index contributed by atoms with van der Waals surface area (Å²) in [5.74, 6) is 0.451. The van der Waals surface area contributed by atoms with E-state index in [4.69, 9.17) is 10.5 Å². The zero-order chi connectivity index (χ0) is 11.7. The van der Waals surface area contributed by atoms with Gasteiger partial charge in [-0.1, -0.05) is 0 Å². The Morgan fingerprint density at radius 2 is 2.38 bits per heavy atom. The van der Waals surface area contributed by atoms with Crippen LogP contribution in [0.4, 0.5) is 11.6 Å². The third-order valence-corrected chi connectivity index (χ3v) is 2.60. The highest BCUT2D eigenvalue weighted by molar-refractivity contribution is 5.99. The van der Waals surface area contributed by atoms with Crippen molar-refractivity contribution >= 4 is 17.6 Å². The SMILES string of the molecule is CCn1nc(NC2CC2)c(C(=O)OC)c1N. The van der Waals surface area contributed by atoms with Crippen molar-refractivity contribution < 1.29 is 9.53 Å². The van der Waals surface area contributed by atoms with Gasteiger partial charge in [-0.15, -0.1) is 0 Å². The number of aromatic nitrogens is 2. The minimum absolute atomic E-state index is 0.344. The van der Waals surface area contributed by atoms with Gasteiger partial charge in [-0.05, 0) is 19.8 Å². The average molecular weight is 224 g/mol. The zero-order valence-electron chi connectivity index (χ0n) is 9.49. The Hall–Kier alpha value is -1.72. The fourth-order valence-corrected chi connectivity index (χ4v) is 1.54. The summed E-state index contributed by atoms with van der Waals surface area (Å²) in [7, 11) is 1.34. The molecule has 1 aromatic rings. The molecule has 0 aliphatic heterocycles. The number of esters is 1. The second kappa shape index (κ2) is 4.03. The van der Waals surface area contributed by atoms with Gasteiger partial charge in [0.2, 0.25) is 0 Å². The van der Waals surface area contributed by atoms with E-state index in [0.29, 0.717) is 29.8 Å². The molecule has 0 saturated heterocycles. The molecular weight excluding hydrogens is 208 g/mol. The van der Waals surface area contributed by atoms with Gasteiger partial charge in [0.05, 0.1) is 7.11 Å². The van der Waals surface area contributed by atoms with Crippen LogP contribution in [-0.4, -0.2) is 28.9 Å². The number of hydrogen-bond acceptors (Lipinski definition) is 5. The van der Waals surface area contributed by atoms with Gasteiger partial charge in [-0.25, -0.2) is 9.48 Å². The minimum atomic E-state index is -0.444. The molecule has 1 saturated carbocycles. The van der Waals surface area contributed by atoms with Crippen LogP contribution in [0.2, 0.25) is 0 Å². The predicted molar refractivity (Wildman–Crippen MR) is 60.3 cm³/mol. The zero-order valence-corrected chi connectivity index (χ0v) is 9.49. The van der Waals surface area contributed by atoms with Gasteiger partial charge in [-0.3, -0.25) is 0 Å². The highest BCUT2D eigenvalue weighted by Gasteiger charge is 2.28. The molecule has 1 aliphatic rings. The maximum Gasteiger partial charge on any atom is 0.345 e. The number of anilines is 2. The molecule has 0 radical (unpaired) electrons. The van der Waals surface area contributed by atoms with E-state index in [2.05, 4.69) is 10.4 Å². The van der Waals surface area contributed by atoms with Crippen molar-refractivity contribution in [2.45, 2.75) is 32.4 Å². The van der Waals surface area contributed by atoms with Crippen LogP contribution >= 0.6 is 0 Å². The van der Waals surface area contributed by atoms with Gasteiger partial charge in [0.25, 0.3) is 0 Å². The van der Waals surface area contributed by atoms with E-state index in [0.717, 1.165) is 12.8 Å². The first kappa shape index (κ1) is 10.8. The van der Waals surface area contributed by atoms with Gasteiger partial charge in [-0.2, -0.15) is 5.10 Å². The van der Waals surface area contributed by atoms with Crippen molar-refractivity contribution in [1.29, 1.82) is 0 Å². The van der Waals surface area contributed by atoms with Crippen molar-refractivity contribution in [2.24, 2.45) is 0 Å². The third kappa shape index (κ3) is 1.82. The minimum Gasteiger partial charge on any atom is -0.465 e. The van der Waals surface area contributed by atoms with E-state index in [1.165, 1.54) is 7.11 Å². The fourth-order valence-electron chi connectivity index (χ4n) is 1.54. The maximum atomic E-state index is 11.6. The number of nitrogens with one attached hydrogen (secondary N) is 1. The molecule has 1 aliphatic carbocycles. The van der Waals surface area contributed by atoms with Gasteiger partial charge in [0, 0.05) is 12.6 Å². The molecular formula is C10H16N4O2. The number of nitrogens with two attached hydrogens (primary N) is 1. The predicted octanol–water partition coefficient (Wildman–Crippen LogP) is 0.846. The highest BCUT2D eigenvalue weighted by Crippen LogP contribution is 2.29. The Balaban J connectivity index is 2.35. The Morgan fingerprint density at radius 3 is 2.88 bits per heavy atom. The lowest BCUT2D eigenvalue weighted by molar-refractivity contribution is 0.0603. The summed E-state index contributed by atoms with van der Waals surface area (Å²) in [6, 6.07) is 0.419. The molecule has 1 fully saturated rings. The van der Waals surface area contributed by atoms with Gasteiger partial charge >= 0.3 is 5.97 Å². The standard InChI is InChI=1S/C10H16N4O2/c1-3-14-8(11)7(10(15)16-2)9(13-14)12-6-4-5-6/h6H,3-5,11H2,1-2H3,(H,12,13). The molecule has 16 heavy (non-hydrogen) atoms. The smallest absolute Gasteiger partial charge is 0.345 e. The number of nitrogens with zero attached hydrogens (tertiary/aromatic N) is 2. The van der Waals surface area contributed by atoms with Crippen molar-refractivity contribution in [1.82, 2.24) is 9.78 Å². The van der Waals surface area contributed by atoms with E-state index in [1.807, 2.05) is 6.92 Å². The summed E-state index contributed by atoms with van der Waals surface area (Å²) in [5.41, 5.74) is 6.19. The van der Waals surface area contributed by atoms with Crippen molar-refractivity contribution in [2.75, 3.05) is 18.2 Å². The maximum absolute atomic E-state index is 11.6. The van der Waals surface area contributed by atoms with Crippen molar-refractivity contribution in [3.05, 3.63) is 5.56 Å². The van der Waals surface area contributed by atoms with E-state index in [9.17, 15) is 4.79 Å². The first-order valence-corrected chi connectivity index (χ1v) is 5.38. The lowest BCUT2D eigenvalue weighted by Crippen LogP contribution is -2.10. The Bertz CT molecular complexity index is 409. The summed E-state index contributed by atoms with van der Waals surface area (Å²) in [6.45, 7) is 2.55. The Morgan fingerprint density at radius 1 is 1.69 bits per heavy atom. The van der Waals surface area contributed by atoms with Crippen LogP contribution in [0.3, 0.4) is 0 Å². The van der Waals surface area contributed by atoms with Gasteiger partial charge < -0.3 is 15.8 Å². The summed E-state index contributed by atoms with van der Waals surface area (Å²) in [6.07, 6.45) is 2.22. The number of carbonyl (C=O) groups is 1. The molecule has 1 aromatic heterocycles. The molecule has 1 heterocycles. The van der Waals surface area contributed by atoms with E-state index >= 15 is 0 Å². The monoisotopic (exact) mass is 224 g/mol. The number of methoxy groups -OCH3 is 1. The number of nitrogen functional groups attached to an aromatic ring is 1. The number of ether oxygens (including phenoxy) is 1. The van der Waals surface area contributed by atoms with E-state index in [1.54, 1.807) is 4.68 Å². The molecule has 0 spiro atoms. The van der Waals surface area contributed by atoms with Crippen LogP contribution in [0.5, 0.6) is 0 Å². The van der Waals surface area contributed by atoms with Crippen LogP contribution in [0.1, 0.15) is 30.1 Å². The fraction of sp³-hybridized carbons (Fsp3) is 0.600. The quantitative estimate of drug-likeness (QED) is 0.741. The summed E-state index contributed by atoms with van der Waals surface area (Å²) >= 11 is 0. The van der Waals surface area contributed by atoms with Crippen molar-refractivity contribution in [3.8, 4) is 0 Å². The van der Waals surface area contributed by atoms with Crippen molar-refractivity contribution in [3.63, 3.8) is 0 Å². The molecule has 6 heteroatoms. The van der Waals surface area contributed by atoms with Crippen LogP contribution in [0, 0.1) is 0 Å². The molecule has 6 nitrogen and oxygen atoms in total. The average Bonchev–Trinajstić information content (AvgIpc) is 3.03. The van der Waals surface area contributed by atoms with Gasteiger partial charge in [0.15, 0.2) is 5.82 Å². The Labute approximate surface area is 93.8 Å². The number of aryl methyl sites for hydroxylation is 1. The second-order valence-corrected chi connectivity index (χ2v) is 3.83. The van der Waals surface area contributed by atoms with Gasteiger partial charge in [0.1, 0.15) is 11.4 Å². The first-order chi connectivity index (χ1) is 7.67. The molecule has 2 rings (SSSR count). The molecule has 0 atom stereocenters. The van der Waals surface area contributed by atoms with Crippen LogP contribution < -0.4 is 11.1 Å². The third-order valence-electron chi connectivity index (χ3n) is 2.60. The summed E-state index contributed by atoms with van der Waals surface area (Å²) in [5, 5.41) is 7.44.